The summed E-state index contributed by atoms with van der Waals surface area (Å²) in [6.45, 7) is 0. The summed E-state index contributed by atoms with van der Waals surface area (Å²) in [5, 5.41) is 19.6. The molecular formula is C17H11N3O2. The first-order chi connectivity index (χ1) is 10.7. The summed E-state index contributed by atoms with van der Waals surface area (Å²) in [4.78, 5) is 19.0. The zero-order valence-corrected chi connectivity index (χ0v) is 11.4. The van der Waals surface area contributed by atoms with E-state index in [-0.39, 0.29) is 22.7 Å². The van der Waals surface area contributed by atoms with Gasteiger partial charge in [-0.3, -0.25) is 4.79 Å². The number of fused-ring (bicyclic) bond motifs is 1. The number of rotatable bonds is 2. The van der Waals surface area contributed by atoms with Gasteiger partial charge < -0.3 is 10.1 Å². The second-order valence-corrected chi connectivity index (χ2v) is 4.66. The van der Waals surface area contributed by atoms with Crippen LogP contribution in [-0.4, -0.2) is 15.1 Å². The van der Waals surface area contributed by atoms with Gasteiger partial charge in [0.05, 0.1) is 16.5 Å². The van der Waals surface area contributed by atoms with Crippen LogP contribution in [0.5, 0.6) is 5.75 Å². The van der Waals surface area contributed by atoms with E-state index in [1.54, 1.807) is 42.5 Å². The predicted molar refractivity (Wildman–Crippen MR) is 84.0 cm³/mol. The van der Waals surface area contributed by atoms with Crippen molar-refractivity contribution in [3.05, 3.63) is 70.3 Å². The number of allylic oxidation sites excluding steroid dienone is 1. The maximum absolute atomic E-state index is 12.1. The molecule has 0 fully saturated rings. The van der Waals surface area contributed by atoms with Crippen LogP contribution < -0.4 is 5.56 Å². The zero-order chi connectivity index (χ0) is 15.5. The number of para-hydroxylation sites is 2. The molecule has 0 amide bonds. The fraction of sp³-hybridized carbons (Fsp3) is 0. The van der Waals surface area contributed by atoms with Crippen LogP contribution in [0.15, 0.2) is 53.3 Å². The van der Waals surface area contributed by atoms with Crippen molar-refractivity contribution < 1.29 is 5.11 Å². The number of nitriles is 1. The summed E-state index contributed by atoms with van der Waals surface area (Å²) < 4.78 is 0. The molecule has 0 saturated heterocycles. The highest BCUT2D eigenvalue weighted by atomic mass is 16.3. The molecule has 0 aliphatic rings. The summed E-state index contributed by atoms with van der Waals surface area (Å²) in [5.74, 6) is 0.229. The minimum absolute atomic E-state index is 0.0541. The summed E-state index contributed by atoms with van der Waals surface area (Å²) in [7, 11) is 0. The minimum Gasteiger partial charge on any atom is -0.507 e. The van der Waals surface area contributed by atoms with Gasteiger partial charge in [-0.2, -0.15) is 5.26 Å². The van der Waals surface area contributed by atoms with Gasteiger partial charge in [-0.05, 0) is 24.3 Å². The maximum atomic E-state index is 12.1. The van der Waals surface area contributed by atoms with Gasteiger partial charge in [0, 0.05) is 5.56 Å². The molecule has 2 aromatic carbocycles. The SMILES string of the molecule is N#C/C(=C\c1ccccc1O)c1nc2ccccc2c(=O)[nH]1. The number of nitrogens with one attached hydrogen (secondary N) is 1. The number of hydrogen-bond donors (Lipinski definition) is 2. The molecule has 5 nitrogen and oxygen atoms in total. The number of hydrogen-bond acceptors (Lipinski definition) is 4. The normalized spacial score (nSPS) is 11.3. The first-order valence-electron chi connectivity index (χ1n) is 6.58. The minimum atomic E-state index is -0.306. The fourth-order valence-electron chi connectivity index (χ4n) is 2.13. The molecule has 22 heavy (non-hydrogen) atoms. The van der Waals surface area contributed by atoms with E-state index in [1.165, 1.54) is 12.1 Å². The lowest BCUT2D eigenvalue weighted by atomic mass is 10.1. The Hall–Kier alpha value is -3.39. The van der Waals surface area contributed by atoms with Gasteiger partial charge in [-0.25, -0.2) is 4.98 Å². The molecular weight excluding hydrogens is 278 g/mol. The van der Waals surface area contributed by atoms with Crippen molar-refractivity contribution in [1.82, 2.24) is 9.97 Å². The molecule has 2 N–H and O–H groups in total. The van der Waals surface area contributed by atoms with Crippen LogP contribution in [0.1, 0.15) is 11.4 Å². The van der Waals surface area contributed by atoms with Gasteiger partial charge in [0.25, 0.3) is 5.56 Å². The number of phenolic OH excluding ortho intramolecular Hbond substituents is 1. The van der Waals surface area contributed by atoms with E-state index in [9.17, 15) is 15.2 Å². The molecule has 0 bridgehead atoms. The van der Waals surface area contributed by atoms with Crippen molar-refractivity contribution in [3.8, 4) is 11.8 Å². The van der Waals surface area contributed by atoms with Crippen molar-refractivity contribution in [3.63, 3.8) is 0 Å². The van der Waals surface area contributed by atoms with Gasteiger partial charge in [-0.1, -0.05) is 30.3 Å². The number of aromatic hydroxyl groups is 1. The summed E-state index contributed by atoms with van der Waals surface area (Å²) >= 11 is 0. The highest BCUT2D eigenvalue weighted by molar-refractivity contribution is 5.89. The van der Waals surface area contributed by atoms with E-state index in [1.807, 2.05) is 6.07 Å². The van der Waals surface area contributed by atoms with Crippen LogP contribution in [0.25, 0.3) is 22.6 Å². The van der Waals surface area contributed by atoms with E-state index in [0.29, 0.717) is 16.5 Å². The van der Waals surface area contributed by atoms with Crippen LogP contribution in [-0.2, 0) is 0 Å². The Balaban J connectivity index is 2.18. The number of H-pyrrole nitrogens is 1. The fourth-order valence-corrected chi connectivity index (χ4v) is 2.13. The molecule has 0 aliphatic carbocycles. The third kappa shape index (κ3) is 2.45. The molecule has 0 spiro atoms. The second-order valence-electron chi connectivity index (χ2n) is 4.66. The Bertz CT molecular complexity index is 981. The summed E-state index contributed by atoms with van der Waals surface area (Å²) in [6.07, 6.45) is 1.49. The quantitative estimate of drug-likeness (QED) is 0.710. The molecule has 0 radical (unpaired) electrons. The van der Waals surface area contributed by atoms with Gasteiger partial charge in [0.2, 0.25) is 0 Å². The Morgan fingerprint density at radius 2 is 1.91 bits per heavy atom. The van der Waals surface area contributed by atoms with E-state index in [2.05, 4.69) is 9.97 Å². The summed E-state index contributed by atoms with van der Waals surface area (Å²) in [6, 6.07) is 15.5. The average Bonchev–Trinajstić information content (AvgIpc) is 2.54. The lowest BCUT2D eigenvalue weighted by molar-refractivity contribution is 0.474. The Morgan fingerprint density at radius 1 is 1.18 bits per heavy atom. The van der Waals surface area contributed by atoms with Crippen LogP contribution in [0.4, 0.5) is 0 Å². The smallest absolute Gasteiger partial charge is 0.259 e. The van der Waals surface area contributed by atoms with E-state index in [0.717, 1.165) is 0 Å². The van der Waals surface area contributed by atoms with Gasteiger partial charge >= 0.3 is 0 Å². The molecule has 3 aromatic rings. The molecule has 3 rings (SSSR count). The van der Waals surface area contributed by atoms with Crippen LogP contribution in [0.2, 0.25) is 0 Å². The lowest BCUT2D eigenvalue weighted by Crippen LogP contribution is -2.11. The van der Waals surface area contributed by atoms with Crippen molar-refractivity contribution in [2.24, 2.45) is 0 Å². The van der Waals surface area contributed by atoms with Crippen molar-refractivity contribution in [2.45, 2.75) is 0 Å². The molecule has 0 saturated carbocycles. The molecule has 5 heteroatoms. The standard InChI is InChI=1S/C17H11N3O2/c18-10-12(9-11-5-1-4-8-15(11)21)16-19-14-7-3-2-6-13(14)17(22)20-16/h1-9,21H,(H,19,20,22)/b12-9+. The van der Waals surface area contributed by atoms with Crippen LogP contribution in [0, 0.1) is 11.3 Å². The van der Waals surface area contributed by atoms with Crippen molar-refractivity contribution >= 4 is 22.6 Å². The van der Waals surface area contributed by atoms with E-state index in [4.69, 9.17) is 0 Å². The van der Waals surface area contributed by atoms with Crippen LogP contribution in [0.3, 0.4) is 0 Å². The van der Waals surface area contributed by atoms with E-state index < -0.39 is 0 Å². The van der Waals surface area contributed by atoms with Crippen LogP contribution >= 0.6 is 0 Å². The molecule has 106 valence electrons. The molecule has 0 atom stereocenters. The Labute approximate surface area is 125 Å². The highest BCUT2D eigenvalue weighted by Gasteiger charge is 2.09. The largest absolute Gasteiger partial charge is 0.507 e. The topological polar surface area (TPSA) is 89.8 Å². The number of benzene rings is 2. The first kappa shape index (κ1) is 13.6. The first-order valence-corrected chi connectivity index (χ1v) is 6.58. The third-order valence-corrected chi connectivity index (χ3v) is 3.23. The predicted octanol–water partition coefficient (Wildman–Crippen LogP) is 2.69. The number of phenols is 1. The maximum Gasteiger partial charge on any atom is 0.259 e. The van der Waals surface area contributed by atoms with Crippen molar-refractivity contribution in [2.75, 3.05) is 0 Å². The van der Waals surface area contributed by atoms with Gasteiger partial charge in [0.1, 0.15) is 11.8 Å². The molecule has 1 heterocycles. The van der Waals surface area contributed by atoms with E-state index >= 15 is 0 Å². The lowest BCUT2D eigenvalue weighted by Gasteiger charge is -2.03. The summed E-state index contributed by atoms with van der Waals surface area (Å²) in [5.41, 5.74) is 0.859. The number of aromatic nitrogens is 2. The van der Waals surface area contributed by atoms with Gasteiger partial charge in [0.15, 0.2) is 5.82 Å². The highest BCUT2D eigenvalue weighted by Crippen LogP contribution is 2.22. The monoisotopic (exact) mass is 289 g/mol. The number of nitrogens with zero attached hydrogens (tertiary/aromatic N) is 2. The molecule has 0 unspecified atom stereocenters. The van der Waals surface area contributed by atoms with Gasteiger partial charge in [-0.15, -0.1) is 0 Å². The Morgan fingerprint density at radius 3 is 2.68 bits per heavy atom. The second kappa shape index (κ2) is 5.54. The van der Waals surface area contributed by atoms with Crippen molar-refractivity contribution in [1.29, 1.82) is 5.26 Å². The molecule has 0 aliphatic heterocycles. The zero-order valence-electron chi connectivity index (χ0n) is 11.4. The molecule has 1 aromatic heterocycles. The number of aromatic amines is 1. The Kier molecular flexibility index (Phi) is 3.42. The average molecular weight is 289 g/mol. The third-order valence-electron chi connectivity index (χ3n) is 3.23.